The smallest absolute Gasteiger partial charge is 0.230 e. The molecule has 0 aliphatic rings. The molecule has 0 unspecified atom stereocenters. The summed E-state index contributed by atoms with van der Waals surface area (Å²) in [5, 5.41) is 3.00. The second kappa shape index (κ2) is 8.16. The van der Waals surface area contributed by atoms with Crippen LogP contribution >= 0.6 is 11.8 Å². The van der Waals surface area contributed by atoms with Crippen molar-refractivity contribution in [3.63, 3.8) is 0 Å². The van der Waals surface area contributed by atoms with Crippen molar-refractivity contribution in [1.29, 1.82) is 0 Å². The Bertz CT molecular complexity index is 687. The molecule has 0 saturated heterocycles. The summed E-state index contributed by atoms with van der Waals surface area (Å²) in [7, 11) is 0. The largest absolute Gasteiger partial charge is 0.349 e. The minimum Gasteiger partial charge on any atom is -0.349 e. The molecule has 0 bridgehead atoms. The molecule has 0 aromatic heterocycles. The zero-order chi connectivity index (χ0) is 16.8. The Hall–Kier alpha value is -1.81. The van der Waals surface area contributed by atoms with Gasteiger partial charge in [0.2, 0.25) is 5.91 Å². The third-order valence-corrected chi connectivity index (χ3v) is 4.70. The number of nitrogens with one attached hydrogen (secondary N) is 1. The standard InChI is InChI=1S/C19H22FNOS/c1-13-8-9-17(14(2)10-13)15(3)21-19(22)12-23-11-16-6-4-5-7-18(16)20/h4-10,15H,11-12H2,1-3H3,(H,21,22)/t15-/m1/s1. The molecule has 2 nitrogen and oxygen atoms in total. The first-order valence-corrected chi connectivity index (χ1v) is 8.80. The van der Waals surface area contributed by atoms with Crippen LogP contribution in [0.1, 0.15) is 35.2 Å². The summed E-state index contributed by atoms with van der Waals surface area (Å²) in [6, 6.07) is 12.9. The Labute approximate surface area is 141 Å². The van der Waals surface area contributed by atoms with E-state index in [4.69, 9.17) is 0 Å². The monoisotopic (exact) mass is 331 g/mol. The topological polar surface area (TPSA) is 29.1 Å². The molecule has 0 radical (unpaired) electrons. The molecule has 0 saturated carbocycles. The molecule has 0 aliphatic carbocycles. The zero-order valence-electron chi connectivity index (χ0n) is 13.7. The molecule has 23 heavy (non-hydrogen) atoms. The van der Waals surface area contributed by atoms with E-state index < -0.39 is 0 Å². The van der Waals surface area contributed by atoms with Crippen molar-refractivity contribution in [2.24, 2.45) is 0 Å². The van der Waals surface area contributed by atoms with Gasteiger partial charge in [0.1, 0.15) is 5.82 Å². The summed E-state index contributed by atoms with van der Waals surface area (Å²) < 4.78 is 13.5. The number of hydrogen-bond acceptors (Lipinski definition) is 2. The number of halogens is 1. The molecule has 1 N–H and O–H groups in total. The summed E-state index contributed by atoms with van der Waals surface area (Å²) >= 11 is 1.42. The number of carbonyl (C=O) groups is 1. The van der Waals surface area contributed by atoms with Gasteiger partial charge >= 0.3 is 0 Å². The van der Waals surface area contributed by atoms with Gasteiger partial charge in [-0.2, -0.15) is 0 Å². The van der Waals surface area contributed by atoms with Gasteiger partial charge in [-0.05, 0) is 43.5 Å². The highest BCUT2D eigenvalue weighted by Crippen LogP contribution is 2.19. The molecule has 2 aromatic carbocycles. The van der Waals surface area contributed by atoms with Gasteiger partial charge in [0.25, 0.3) is 0 Å². The van der Waals surface area contributed by atoms with Gasteiger partial charge in [-0.15, -0.1) is 11.8 Å². The highest BCUT2D eigenvalue weighted by molar-refractivity contribution is 7.99. The van der Waals surface area contributed by atoms with E-state index in [2.05, 4.69) is 37.4 Å². The molecule has 0 fully saturated rings. The highest BCUT2D eigenvalue weighted by atomic mass is 32.2. The number of rotatable bonds is 6. The number of hydrogen-bond donors (Lipinski definition) is 1. The summed E-state index contributed by atoms with van der Waals surface area (Å²) in [6.07, 6.45) is 0. The lowest BCUT2D eigenvalue weighted by Crippen LogP contribution is -2.28. The molecular formula is C19H22FNOS. The lowest BCUT2D eigenvalue weighted by molar-refractivity contribution is -0.119. The van der Waals surface area contributed by atoms with Crippen LogP contribution in [0.2, 0.25) is 0 Å². The van der Waals surface area contributed by atoms with Crippen molar-refractivity contribution in [3.8, 4) is 0 Å². The van der Waals surface area contributed by atoms with Crippen molar-refractivity contribution >= 4 is 17.7 Å². The van der Waals surface area contributed by atoms with E-state index in [9.17, 15) is 9.18 Å². The first-order valence-electron chi connectivity index (χ1n) is 7.65. The van der Waals surface area contributed by atoms with Crippen LogP contribution < -0.4 is 5.32 Å². The molecule has 122 valence electrons. The van der Waals surface area contributed by atoms with Crippen LogP contribution in [0.25, 0.3) is 0 Å². The molecule has 0 aliphatic heterocycles. The summed E-state index contributed by atoms with van der Waals surface area (Å²) in [5.74, 6) is 0.574. The van der Waals surface area contributed by atoms with Gasteiger partial charge in [0, 0.05) is 5.75 Å². The molecule has 1 amide bonds. The molecule has 2 rings (SSSR count). The van der Waals surface area contributed by atoms with Crippen molar-refractivity contribution < 1.29 is 9.18 Å². The minimum absolute atomic E-state index is 0.0289. The molecule has 2 aromatic rings. The average molecular weight is 331 g/mol. The van der Waals surface area contributed by atoms with Crippen LogP contribution in [0.15, 0.2) is 42.5 Å². The second-order valence-electron chi connectivity index (χ2n) is 5.73. The first-order chi connectivity index (χ1) is 11.0. The van der Waals surface area contributed by atoms with Crippen molar-refractivity contribution in [3.05, 3.63) is 70.5 Å². The van der Waals surface area contributed by atoms with Crippen LogP contribution in [0.5, 0.6) is 0 Å². The average Bonchev–Trinajstić information content (AvgIpc) is 2.49. The maximum absolute atomic E-state index is 13.5. The number of carbonyl (C=O) groups excluding carboxylic acids is 1. The molecule has 4 heteroatoms. The van der Waals surface area contributed by atoms with Crippen molar-refractivity contribution in [2.75, 3.05) is 5.75 Å². The van der Waals surface area contributed by atoms with E-state index in [0.29, 0.717) is 17.1 Å². The van der Waals surface area contributed by atoms with Gasteiger partial charge in [-0.1, -0.05) is 42.0 Å². The maximum Gasteiger partial charge on any atom is 0.230 e. The Balaban J connectivity index is 1.83. The predicted molar refractivity (Wildman–Crippen MR) is 95.0 cm³/mol. The zero-order valence-corrected chi connectivity index (χ0v) is 14.5. The Morgan fingerprint density at radius 3 is 2.65 bits per heavy atom. The van der Waals surface area contributed by atoms with Gasteiger partial charge in [-0.3, -0.25) is 4.79 Å². The summed E-state index contributed by atoms with van der Waals surface area (Å²) in [6.45, 7) is 6.09. The van der Waals surface area contributed by atoms with E-state index in [1.165, 1.54) is 29.0 Å². The predicted octanol–water partition coefficient (Wildman–Crippen LogP) is 4.55. The number of aryl methyl sites for hydroxylation is 2. The summed E-state index contributed by atoms with van der Waals surface area (Å²) in [4.78, 5) is 12.1. The van der Waals surface area contributed by atoms with Gasteiger partial charge in [0.05, 0.1) is 11.8 Å². The lowest BCUT2D eigenvalue weighted by atomic mass is 10.0. The molecular weight excluding hydrogens is 309 g/mol. The number of benzene rings is 2. The second-order valence-corrected chi connectivity index (χ2v) is 6.72. The molecule has 0 spiro atoms. The highest BCUT2D eigenvalue weighted by Gasteiger charge is 2.12. The van der Waals surface area contributed by atoms with Crippen molar-refractivity contribution in [1.82, 2.24) is 5.32 Å². The van der Waals surface area contributed by atoms with Gasteiger partial charge < -0.3 is 5.32 Å². The third kappa shape index (κ3) is 5.10. The summed E-state index contributed by atoms with van der Waals surface area (Å²) in [5.41, 5.74) is 4.15. The van der Waals surface area contributed by atoms with Crippen LogP contribution in [0.3, 0.4) is 0 Å². The Morgan fingerprint density at radius 2 is 1.96 bits per heavy atom. The quantitative estimate of drug-likeness (QED) is 0.841. The fourth-order valence-corrected chi connectivity index (χ4v) is 3.37. The van der Waals surface area contributed by atoms with Gasteiger partial charge in [0.15, 0.2) is 0 Å². The van der Waals surface area contributed by atoms with Crippen LogP contribution in [0, 0.1) is 19.7 Å². The normalized spacial score (nSPS) is 12.0. The van der Waals surface area contributed by atoms with E-state index >= 15 is 0 Å². The Kier molecular flexibility index (Phi) is 6.22. The van der Waals surface area contributed by atoms with Crippen LogP contribution in [-0.4, -0.2) is 11.7 Å². The SMILES string of the molecule is Cc1ccc([C@@H](C)NC(=O)CSCc2ccccc2F)c(C)c1. The molecule has 1 atom stereocenters. The van der Waals surface area contributed by atoms with Gasteiger partial charge in [-0.25, -0.2) is 4.39 Å². The third-order valence-electron chi connectivity index (χ3n) is 3.72. The fourth-order valence-electron chi connectivity index (χ4n) is 2.54. The number of thioether (sulfide) groups is 1. The van der Waals surface area contributed by atoms with Crippen molar-refractivity contribution in [2.45, 2.75) is 32.6 Å². The first kappa shape index (κ1) is 17.5. The number of amides is 1. The van der Waals surface area contributed by atoms with E-state index in [1.54, 1.807) is 18.2 Å². The van der Waals surface area contributed by atoms with Crippen LogP contribution in [-0.2, 0) is 10.5 Å². The van der Waals surface area contributed by atoms with E-state index in [1.807, 2.05) is 6.92 Å². The lowest BCUT2D eigenvalue weighted by Gasteiger charge is -2.17. The van der Waals surface area contributed by atoms with E-state index in [-0.39, 0.29) is 17.8 Å². The minimum atomic E-state index is -0.218. The van der Waals surface area contributed by atoms with Crippen LogP contribution in [0.4, 0.5) is 4.39 Å². The maximum atomic E-state index is 13.5. The Morgan fingerprint density at radius 1 is 1.22 bits per heavy atom. The fraction of sp³-hybridized carbons (Fsp3) is 0.316. The molecule has 0 heterocycles. The van der Waals surface area contributed by atoms with E-state index in [0.717, 1.165) is 5.56 Å².